The van der Waals surface area contributed by atoms with E-state index in [0.29, 0.717) is 0 Å². The number of nitrogens with zero attached hydrogens (tertiary/aromatic N) is 3. The van der Waals surface area contributed by atoms with Crippen molar-refractivity contribution in [3.63, 3.8) is 0 Å². The third-order valence-electron chi connectivity index (χ3n) is 2.48. The first-order chi connectivity index (χ1) is 8.20. The topological polar surface area (TPSA) is 58.4 Å². The highest BCUT2D eigenvalue weighted by molar-refractivity contribution is 5.80. The van der Waals surface area contributed by atoms with Crippen LogP contribution in [0.4, 0.5) is 0 Å². The van der Waals surface area contributed by atoms with Crippen molar-refractivity contribution in [2.75, 3.05) is 0 Å². The van der Waals surface area contributed by atoms with E-state index in [2.05, 4.69) is 15.1 Å². The van der Waals surface area contributed by atoms with Gasteiger partial charge >= 0.3 is 0 Å². The summed E-state index contributed by atoms with van der Waals surface area (Å²) in [7, 11) is 0. The van der Waals surface area contributed by atoms with Gasteiger partial charge in [-0.25, -0.2) is 0 Å². The van der Waals surface area contributed by atoms with Crippen LogP contribution < -0.4 is 0 Å². The number of aromatic nitrogens is 2. The van der Waals surface area contributed by atoms with Gasteiger partial charge in [-0.05, 0) is 37.6 Å². The highest BCUT2D eigenvalue weighted by Crippen LogP contribution is 2.21. The second-order valence-electron chi connectivity index (χ2n) is 3.86. The van der Waals surface area contributed by atoms with Gasteiger partial charge in [-0.1, -0.05) is 5.16 Å². The molecule has 4 heteroatoms. The number of hydrogen-bond acceptors (Lipinski definition) is 4. The lowest BCUT2D eigenvalue weighted by Crippen LogP contribution is -1.93. The summed E-state index contributed by atoms with van der Waals surface area (Å²) in [6.07, 6.45) is 4.81. The predicted octanol–water partition coefficient (Wildman–Crippen LogP) is 2.57. The lowest BCUT2D eigenvalue weighted by molar-refractivity contribution is 0.322. The molecule has 4 nitrogen and oxygen atoms in total. The maximum atomic E-state index is 8.47. The number of pyridine rings is 2. The molecule has 86 valence electrons. The van der Waals surface area contributed by atoms with Crippen molar-refractivity contribution in [3.05, 3.63) is 47.4 Å². The Labute approximate surface area is 99.7 Å². The molecule has 2 aromatic rings. The van der Waals surface area contributed by atoms with E-state index in [0.717, 1.165) is 28.1 Å². The molecule has 0 saturated heterocycles. The van der Waals surface area contributed by atoms with Crippen molar-refractivity contribution in [2.24, 2.45) is 5.16 Å². The Balaban J connectivity index is 2.46. The Morgan fingerprint density at radius 1 is 1.24 bits per heavy atom. The van der Waals surface area contributed by atoms with Crippen molar-refractivity contribution in [1.29, 1.82) is 0 Å². The quantitative estimate of drug-likeness (QED) is 0.487. The summed E-state index contributed by atoms with van der Waals surface area (Å²) >= 11 is 0. The molecule has 17 heavy (non-hydrogen) atoms. The lowest BCUT2D eigenvalue weighted by atomic mass is 10.1. The van der Waals surface area contributed by atoms with E-state index in [1.165, 1.54) is 6.21 Å². The normalized spacial score (nSPS) is 10.9. The molecule has 0 radical (unpaired) electrons. The van der Waals surface area contributed by atoms with Gasteiger partial charge in [0.1, 0.15) is 0 Å². The van der Waals surface area contributed by atoms with Gasteiger partial charge in [0.15, 0.2) is 0 Å². The smallest absolute Gasteiger partial charge is 0.0749 e. The van der Waals surface area contributed by atoms with E-state index in [4.69, 9.17) is 5.21 Å². The first-order valence-electron chi connectivity index (χ1n) is 5.28. The van der Waals surface area contributed by atoms with Crippen LogP contribution in [0.25, 0.3) is 11.3 Å². The van der Waals surface area contributed by atoms with E-state index in [1.807, 2.05) is 32.0 Å². The van der Waals surface area contributed by atoms with Crippen LogP contribution in [0.2, 0.25) is 0 Å². The maximum absolute atomic E-state index is 8.47. The minimum atomic E-state index is 0.777. The van der Waals surface area contributed by atoms with Crippen LogP contribution in [0.1, 0.15) is 16.8 Å². The van der Waals surface area contributed by atoms with Crippen LogP contribution in [-0.2, 0) is 0 Å². The minimum Gasteiger partial charge on any atom is -0.411 e. The maximum Gasteiger partial charge on any atom is 0.0749 e. The highest BCUT2D eigenvalue weighted by atomic mass is 16.4. The Bertz CT molecular complexity index is 564. The predicted molar refractivity (Wildman–Crippen MR) is 66.3 cm³/mol. The third kappa shape index (κ3) is 2.47. The zero-order chi connectivity index (χ0) is 12.3. The van der Waals surface area contributed by atoms with Crippen LogP contribution in [0.3, 0.4) is 0 Å². The molecule has 0 spiro atoms. The van der Waals surface area contributed by atoms with Crippen molar-refractivity contribution >= 4 is 6.21 Å². The van der Waals surface area contributed by atoms with E-state index in [-0.39, 0.29) is 0 Å². The van der Waals surface area contributed by atoms with Gasteiger partial charge in [0, 0.05) is 29.2 Å². The molecule has 0 aliphatic rings. The van der Waals surface area contributed by atoms with E-state index in [1.54, 1.807) is 12.4 Å². The van der Waals surface area contributed by atoms with Crippen molar-refractivity contribution in [1.82, 2.24) is 9.97 Å². The zero-order valence-corrected chi connectivity index (χ0v) is 9.75. The fourth-order valence-electron chi connectivity index (χ4n) is 1.73. The Morgan fingerprint density at radius 2 is 2.06 bits per heavy atom. The molecule has 0 atom stereocenters. The van der Waals surface area contributed by atoms with Crippen LogP contribution in [0.15, 0.2) is 35.7 Å². The van der Waals surface area contributed by atoms with Crippen LogP contribution in [-0.4, -0.2) is 21.4 Å². The van der Waals surface area contributed by atoms with Crippen molar-refractivity contribution < 1.29 is 5.21 Å². The lowest BCUT2D eigenvalue weighted by Gasteiger charge is -2.06. The average Bonchev–Trinajstić information content (AvgIpc) is 2.29. The van der Waals surface area contributed by atoms with Crippen LogP contribution >= 0.6 is 0 Å². The van der Waals surface area contributed by atoms with E-state index < -0.39 is 0 Å². The summed E-state index contributed by atoms with van der Waals surface area (Å²) in [6, 6.07) is 5.86. The molecule has 2 aromatic heterocycles. The fraction of sp³-hybridized carbons (Fsp3) is 0.154. The van der Waals surface area contributed by atoms with Crippen molar-refractivity contribution in [2.45, 2.75) is 13.8 Å². The Hall–Kier alpha value is -2.23. The van der Waals surface area contributed by atoms with Crippen LogP contribution in [0, 0.1) is 13.8 Å². The second-order valence-corrected chi connectivity index (χ2v) is 3.86. The summed E-state index contributed by atoms with van der Waals surface area (Å²) in [6.45, 7) is 3.93. The van der Waals surface area contributed by atoms with Gasteiger partial charge in [0.05, 0.1) is 11.9 Å². The molecule has 0 fully saturated rings. The van der Waals surface area contributed by atoms with Gasteiger partial charge in [-0.3, -0.25) is 9.97 Å². The molecule has 0 saturated carbocycles. The molecule has 0 amide bonds. The van der Waals surface area contributed by atoms with Crippen molar-refractivity contribution in [3.8, 4) is 11.3 Å². The summed E-state index contributed by atoms with van der Waals surface area (Å²) in [4.78, 5) is 8.54. The Kier molecular flexibility index (Phi) is 3.14. The van der Waals surface area contributed by atoms with Gasteiger partial charge < -0.3 is 5.21 Å². The average molecular weight is 227 g/mol. The molecule has 0 unspecified atom stereocenters. The Morgan fingerprint density at radius 3 is 2.71 bits per heavy atom. The SMILES string of the molecule is Cc1cc(-c2ncc(/C=N/O)cc2C)ccn1. The zero-order valence-electron chi connectivity index (χ0n) is 9.75. The summed E-state index contributed by atoms with van der Waals surface area (Å²) < 4.78 is 0. The number of oxime groups is 1. The number of aryl methyl sites for hydroxylation is 2. The summed E-state index contributed by atoms with van der Waals surface area (Å²) in [5.74, 6) is 0. The molecular weight excluding hydrogens is 214 g/mol. The van der Waals surface area contributed by atoms with Gasteiger partial charge in [0.25, 0.3) is 0 Å². The van der Waals surface area contributed by atoms with E-state index in [9.17, 15) is 0 Å². The highest BCUT2D eigenvalue weighted by Gasteiger charge is 2.04. The fourth-order valence-corrected chi connectivity index (χ4v) is 1.73. The molecule has 0 aliphatic heterocycles. The molecule has 2 heterocycles. The monoisotopic (exact) mass is 227 g/mol. The first-order valence-corrected chi connectivity index (χ1v) is 5.28. The molecule has 0 aliphatic carbocycles. The number of rotatable bonds is 2. The molecule has 0 aromatic carbocycles. The van der Waals surface area contributed by atoms with Crippen LogP contribution in [0.5, 0.6) is 0 Å². The summed E-state index contributed by atoms with van der Waals surface area (Å²) in [5.41, 5.74) is 4.74. The standard InChI is InChI=1S/C13H13N3O/c1-9-5-11(8-16-17)7-15-13(9)12-3-4-14-10(2)6-12/h3-8,17H,1-2H3/b16-8+. The second kappa shape index (κ2) is 4.74. The minimum absolute atomic E-state index is 0.777. The van der Waals surface area contributed by atoms with Gasteiger partial charge in [-0.2, -0.15) is 0 Å². The molecular formula is C13H13N3O. The molecule has 0 bridgehead atoms. The summed E-state index contributed by atoms with van der Waals surface area (Å²) in [5, 5.41) is 11.5. The number of hydrogen-bond donors (Lipinski definition) is 1. The largest absolute Gasteiger partial charge is 0.411 e. The van der Waals surface area contributed by atoms with Gasteiger partial charge in [-0.15, -0.1) is 0 Å². The third-order valence-corrected chi connectivity index (χ3v) is 2.48. The first kappa shape index (κ1) is 11.3. The van der Waals surface area contributed by atoms with E-state index >= 15 is 0 Å². The molecule has 1 N–H and O–H groups in total. The molecule has 2 rings (SSSR count). The van der Waals surface area contributed by atoms with Gasteiger partial charge in [0.2, 0.25) is 0 Å².